The minimum Gasteiger partial charge on any atom is -0.309 e. The van der Waals surface area contributed by atoms with Gasteiger partial charge in [-0.1, -0.05) is 23.8 Å². The van der Waals surface area contributed by atoms with Crippen LogP contribution in [0.25, 0.3) is 11.3 Å². The number of nitrogens with zero attached hydrogens (tertiary/aromatic N) is 2. The van der Waals surface area contributed by atoms with Crippen LogP contribution in [0.15, 0.2) is 36.7 Å². The van der Waals surface area contributed by atoms with Crippen LogP contribution in [0.4, 0.5) is 0 Å². The van der Waals surface area contributed by atoms with Crippen molar-refractivity contribution >= 4 is 0 Å². The van der Waals surface area contributed by atoms with Gasteiger partial charge in [0.05, 0.1) is 29.8 Å². The first-order valence-electron chi connectivity index (χ1n) is 6.45. The monoisotopic (exact) mass is 239 g/mol. The molecule has 3 heteroatoms. The van der Waals surface area contributed by atoms with Gasteiger partial charge in [0.1, 0.15) is 0 Å². The predicted molar refractivity (Wildman–Crippen MR) is 72.2 cm³/mol. The number of nitrogens with one attached hydrogen (secondary N) is 1. The molecule has 3 rings (SSSR count). The SMILES string of the molecule is Cc1cccc(-c2cnc(C3CCCN3)cn2)c1. The van der Waals surface area contributed by atoms with Gasteiger partial charge in [0.25, 0.3) is 0 Å². The molecular formula is C15H17N3. The van der Waals surface area contributed by atoms with Gasteiger partial charge in [0.15, 0.2) is 0 Å². The lowest BCUT2D eigenvalue weighted by Gasteiger charge is -2.09. The first-order valence-corrected chi connectivity index (χ1v) is 6.45. The van der Waals surface area contributed by atoms with Crippen molar-refractivity contribution in [2.24, 2.45) is 0 Å². The highest BCUT2D eigenvalue weighted by Crippen LogP contribution is 2.22. The van der Waals surface area contributed by atoms with E-state index in [-0.39, 0.29) is 0 Å². The number of benzene rings is 1. The van der Waals surface area contributed by atoms with Crippen LogP contribution in [0.3, 0.4) is 0 Å². The molecule has 2 heterocycles. The summed E-state index contributed by atoms with van der Waals surface area (Å²) in [5.74, 6) is 0. The Balaban J connectivity index is 1.86. The minimum absolute atomic E-state index is 0.393. The molecule has 1 saturated heterocycles. The summed E-state index contributed by atoms with van der Waals surface area (Å²) in [6.07, 6.45) is 6.18. The highest BCUT2D eigenvalue weighted by atomic mass is 15.0. The van der Waals surface area contributed by atoms with Crippen LogP contribution < -0.4 is 5.32 Å². The fourth-order valence-electron chi connectivity index (χ4n) is 2.41. The van der Waals surface area contributed by atoms with Crippen LogP contribution in [0.5, 0.6) is 0 Å². The van der Waals surface area contributed by atoms with Gasteiger partial charge < -0.3 is 5.32 Å². The Morgan fingerprint density at radius 2 is 2.17 bits per heavy atom. The fourth-order valence-corrected chi connectivity index (χ4v) is 2.41. The Bertz CT molecular complexity index is 528. The van der Waals surface area contributed by atoms with Crippen molar-refractivity contribution in [2.45, 2.75) is 25.8 Å². The van der Waals surface area contributed by atoms with E-state index < -0.39 is 0 Å². The van der Waals surface area contributed by atoms with E-state index >= 15 is 0 Å². The molecule has 0 saturated carbocycles. The summed E-state index contributed by atoms with van der Waals surface area (Å²) < 4.78 is 0. The predicted octanol–water partition coefficient (Wildman–Crippen LogP) is 2.88. The van der Waals surface area contributed by atoms with Crippen molar-refractivity contribution in [3.63, 3.8) is 0 Å². The van der Waals surface area contributed by atoms with Crippen molar-refractivity contribution in [1.29, 1.82) is 0 Å². The Morgan fingerprint density at radius 3 is 2.83 bits per heavy atom. The van der Waals surface area contributed by atoms with Gasteiger partial charge in [0, 0.05) is 5.56 Å². The first kappa shape index (κ1) is 11.4. The Labute approximate surface area is 107 Å². The van der Waals surface area contributed by atoms with Crippen LogP contribution in [0.2, 0.25) is 0 Å². The molecule has 92 valence electrons. The van der Waals surface area contributed by atoms with Crippen LogP contribution in [-0.2, 0) is 0 Å². The summed E-state index contributed by atoms with van der Waals surface area (Å²) in [4.78, 5) is 9.07. The van der Waals surface area contributed by atoms with Crippen molar-refractivity contribution in [1.82, 2.24) is 15.3 Å². The number of hydrogen-bond donors (Lipinski definition) is 1. The van der Waals surface area contributed by atoms with E-state index in [0.717, 1.165) is 23.5 Å². The molecule has 18 heavy (non-hydrogen) atoms. The van der Waals surface area contributed by atoms with Gasteiger partial charge in [-0.15, -0.1) is 0 Å². The lowest BCUT2D eigenvalue weighted by atomic mass is 10.1. The van der Waals surface area contributed by atoms with E-state index in [4.69, 9.17) is 0 Å². The van der Waals surface area contributed by atoms with Crippen molar-refractivity contribution in [3.8, 4) is 11.3 Å². The maximum absolute atomic E-state index is 4.54. The van der Waals surface area contributed by atoms with E-state index in [1.165, 1.54) is 18.4 Å². The van der Waals surface area contributed by atoms with Crippen molar-refractivity contribution in [2.75, 3.05) is 6.54 Å². The summed E-state index contributed by atoms with van der Waals surface area (Å²) in [5, 5.41) is 3.44. The highest BCUT2D eigenvalue weighted by Gasteiger charge is 2.17. The summed E-state index contributed by atoms with van der Waals surface area (Å²) in [7, 11) is 0. The third-order valence-electron chi connectivity index (χ3n) is 3.40. The molecular weight excluding hydrogens is 222 g/mol. The number of hydrogen-bond acceptors (Lipinski definition) is 3. The molecule has 0 radical (unpaired) electrons. The summed E-state index contributed by atoms with van der Waals surface area (Å²) >= 11 is 0. The zero-order valence-electron chi connectivity index (χ0n) is 10.6. The van der Waals surface area contributed by atoms with Gasteiger partial charge in [-0.05, 0) is 32.4 Å². The second kappa shape index (κ2) is 4.86. The van der Waals surface area contributed by atoms with Crippen LogP contribution in [0, 0.1) is 6.92 Å². The maximum atomic E-state index is 4.54. The smallest absolute Gasteiger partial charge is 0.0885 e. The largest absolute Gasteiger partial charge is 0.309 e. The molecule has 2 aromatic rings. The quantitative estimate of drug-likeness (QED) is 0.875. The molecule has 0 bridgehead atoms. The van der Waals surface area contributed by atoms with E-state index in [1.54, 1.807) is 0 Å². The second-order valence-corrected chi connectivity index (χ2v) is 4.84. The van der Waals surface area contributed by atoms with Gasteiger partial charge in [-0.25, -0.2) is 0 Å². The molecule has 1 atom stereocenters. The normalized spacial score (nSPS) is 19.1. The molecule has 3 nitrogen and oxygen atoms in total. The lowest BCUT2D eigenvalue weighted by molar-refractivity contribution is 0.624. The number of rotatable bonds is 2. The second-order valence-electron chi connectivity index (χ2n) is 4.84. The van der Waals surface area contributed by atoms with Gasteiger partial charge in [-0.2, -0.15) is 0 Å². The van der Waals surface area contributed by atoms with E-state index in [0.29, 0.717) is 6.04 Å². The first-order chi connectivity index (χ1) is 8.83. The van der Waals surface area contributed by atoms with Crippen LogP contribution in [-0.4, -0.2) is 16.5 Å². The average Bonchev–Trinajstić information content (AvgIpc) is 2.93. The molecule has 1 N–H and O–H groups in total. The zero-order chi connectivity index (χ0) is 12.4. The standard InChI is InChI=1S/C15H17N3/c1-11-4-2-5-12(8-11)14-9-18-15(10-17-14)13-6-3-7-16-13/h2,4-5,8-10,13,16H,3,6-7H2,1H3. The van der Waals surface area contributed by atoms with E-state index in [2.05, 4.69) is 46.5 Å². The molecule has 1 aliphatic rings. The lowest BCUT2D eigenvalue weighted by Crippen LogP contribution is -2.14. The van der Waals surface area contributed by atoms with Crippen molar-refractivity contribution < 1.29 is 0 Å². The van der Waals surface area contributed by atoms with Crippen molar-refractivity contribution in [3.05, 3.63) is 47.9 Å². The summed E-state index contributed by atoms with van der Waals surface area (Å²) in [6.45, 7) is 3.18. The summed E-state index contributed by atoms with van der Waals surface area (Å²) in [5.41, 5.74) is 4.38. The maximum Gasteiger partial charge on any atom is 0.0885 e. The zero-order valence-corrected chi connectivity index (χ0v) is 10.6. The van der Waals surface area contributed by atoms with E-state index in [9.17, 15) is 0 Å². The third-order valence-corrected chi connectivity index (χ3v) is 3.40. The minimum atomic E-state index is 0.393. The highest BCUT2D eigenvalue weighted by molar-refractivity contribution is 5.58. The molecule has 0 aliphatic carbocycles. The summed E-state index contributed by atoms with van der Waals surface area (Å²) in [6, 6.07) is 8.75. The van der Waals surface area contributed by atoms with Crippen LogP contribution in [0.1, 0.15) is 30.1 Å². The molecule has 1 unspecified atom stereocenters. The molecule has 1 aromatic heterocycles. The Hall–Kier alpha value is -1.74. The Kier molecular flexibility index (Phi) is 3.07. The fraction of sp³-hybridized carbons (Fsp3) is 0.333. The van der Waals surface area contributed by atoms with E-state index in [1.807, 2.05) is 12.4 Å². The molecule has 0 amide bonds. The topological polar surface area (TPSA) is 37.8 Å². The average molecular weight is 239 g/mol. The molecule has 0 spiro atoms. The third kappa shape index (κ3) is 2.27. The number of aromatic nitrogens is 2. The van der Waals surface area contributed by atoms with Gasteiger partial charge >= 0.3 is 0 Å². The van der Waals surface area contributed by atoms with Gasteiger partial charge in [-0.3, -0.25) is 9.97 Å². The number of aryl methyl sites for hydroxylation is 1. The molecule has 1 aromatic carbocycles. The van der Waals surface area contributed by atoms with Gasteiger partial charge in [0.2, 0.25) is 0 Å². The van der Waals surface area contributed by atoms with Crippen LogP contribution >= 0.6 is 0 Å². The molecule has 1 fully saturated rings. The molecule has 1 aliphatic heterocycles. The Morgan fingerprint density at radius 1 is 1.22 bits per heavy atom.